The molecule has 2 aliphatic heterocycles. The number of carbonyl (C=O) groups is 1. The Kier molecular flexibility index (Phi) is 3.82. The summed E-state index contributed by atoms with van der Waals surface area (Å²) in [4.78, 5) is 12.4. The lowest BCUT2D eigenvalue weighted by molar-refractivity contribution is -0.0735. The van der Waals surface area contributed by atoms with E-state index in [1.165, 1.54) is 6.07 Å². The Balaban J connectivity index is 1.79. The van der Waals surface area contributed by atoms with Crippen LogP contribution in [0.4, 0.5) is 8.78 Å². The Morgan fingerprint density at radius 2 is 2.25 bits per heavy atom. The fraction of sp³-hybridized carbons (Fsp3) is 0.533. The molecule has 3 rings (SSSR count). The molecule has 1 aromatic carbocycles. The van der Waals surface area contributed by atoms with Crippen LogP contribution in [0.3, 0.4) is 0 Å². The van der Waals surface area contributed by atoms with Gasteiger partial charge in [-0.2, -0.15) is 11.8 Å². The first-order valence-electron chi connectivity index (χ1n) is 6.81. The number of ketones is 1. The molecule has 0 aliphatic carbocycles. The van der Waals surface area contributed by atoms with Gasteiger partial charge in [0.2, 0.25) is 0 Å². The minimum Gasteiger partial charge on any atom is -0.374 e. The van der Waals surface area contributed by atoms with E-state index >= 15 is 0 Å². The lowest BCUT2D eigenvalue weighted by atomic mass is 9.81. The van der Waals surface area contributed by atoms with Crippen LogP contribution < -0.4 is 0 Å². The van der Waals surface area contributed by atoms with Crippen LogP contribution in [0, 0.1) is 17.6 Å². The highest BCUT2D eigenvalue weighted by Gasteiger charge is 2.42. The van der Waals surface area contributed by atoms with Crippen molar-refractivity contribution in [3.63, 3.8) is 0 Å². The van der Waals surface area contributed by atoms with Crippen LogP contribution in [-0.4, -0.2) is 29.5 Å². The lowest BCUT2D eigenvalue weighted by Crippen LogP contribution is -2.42. The van der Waals surface area contributed by atoms with Crippen molar-refractivity contribution < 1.29 is 18.3 Å². The number of halogens is 2. The average molecular weight is 298 g/mol. The molecule has 2 fully saturated rings. The molecule has 2 saturated heterocycles. The van der Waals surface area contributed by atoms with Gasteiger partial charge in [0.25, 0.3) is 0 Å². The third kappa shape index (κ3) is 2.61. The molecule has 0 radical (unpaired) electrons. The summed E-state index contributed by atoms with van der Waals surface area (Å²) in [5.41, 5.74) is -0.209. The van der Waals surface area contributed by atoms with Gasteiger partial charge in [0, 0.05) is 24.3 Å². The van der Waals surface area contributed by atoms with Crippen LogP contribution in [0.2, 0.25) is 0 Å². The largest absolute Gasteiger partial charge is 0.374 e. The predicted octanol–water partition coefficient (Wildman–Crippen LogP) is 3.45. The Bertz CT molecular complexity index is 527. The van der Waals surface area contributed by atoms with Gasteiger partial charge in [-0.3, -0.25) is 4.79 Å². The number of ether oxygens (including phenoxy) is 1. The molecule has 0 aromatic heterocycles. The van der Waals surface area contributed by atoms with E-state index in [0.717, 1.165) is 30.1 Å². The maximum absolute atomic E-state index is 13.7. The maximum atomic E-state index is 13.7. The molecule has 1 aromatic rings. The molecule has 2 nitrogen and oxygen atoms in total. The van der Waals surface area contributed by atoms with Gasteiger partial charge in [-0.1, -0.05) is 0 Å². The predicted molar refractivity (Wildman–Crippen MR) is 74.0 cm³/mol. The molecular weight excluding hydrogens is 282 g/mol. The molecule has 0 saturated carbocycles. The molecule has 2 heterocycles. The smallest absolute Gasteiger partial charge is 0.169 e. The first-order valence-corrected chi connectivity index (χ1v) is 7.96. The van der Waals surface area contributed by atoms with E-state index in [0.29, 0.717) is 19.4 Å². The summed E-state index contributed by atoms with van der Waals surface area (Å²) < 4.78 is 32.5. The van der Waals surface area contributed by atoms with E-state index in [2.05, 4.69) is 0 Å². The zero-order valence-corrected chi connectivity index (χ0v) is 11.8. The third-order valence-corrected chi connectivity index (χ3v) is 5.35. The summed E-state index contributed by atoms with van der Waals surface area (Å²) in [6.45, 7) is 0.541. The fourth-order valence-electron chi connectivity index (χ4n) is 3.02. The highest BCUT2D eigenvalue weighted by Crippen LogP contribution is 2.41. The monoisotopic (exact) mass is 298 g/mol. The third-order valence-electron chi connectivity index (χ3n) is 4.13. The summed E-state index contributed by atoms with van der Waals surface area (Å²) in [5.74, 6) is 0.0876. The number of benzene rings is 1. The van der Waals surface area contributed by atoms with Crippen LogP contribution in [-0.2, 0) is 4.74 Å². The van der Waals surface area contributed by atoms with Crippen LogP contribution in [0.5, 0.6) is 0 Å². The standard InChI is InChI=1S/C15H16F2O2S/c16-11-1-2-12(13(17)7-11)14(18)10-3-5-19-15(8-10)4-6-20-9-15/h1-2,7,10H,3-6,8-9H2. The van der Waals surface area contributed by atoms with Crippen LogP contribution in [0.1, 0.15) is 29.6 Å². The summed E-state index contributed by atoms with van der Waals surface area (Å²) in [5, 5.41) is 0. The van der Waals surface area contributed by atoms with Crippen LogP contribution in [0.15, 0.2) is 18.2 Å². The Morgan fingerprint density at radius 3 is 2.95 bits per heavy atom. The average Bonchev–Trinajstić information content (AvgIpc) is 2.86. The molecule has 2 unspecified atom stereocenters. The molecule has 0 bridgehead atoms. The van der Waals surface area contributed by atoms with Crippen LogP contribution >= 0.6 is 11.8 Å². The summed E-state index contributed by atoms with van der Waals surface area (Å²) >= 11 is 1.83. The van der Waals surface area contributed by atoms with Crippen LogP contribution in [0.25, 0.3) is 0 Å². The normalized spacial score (nSPS) is 29.8. The fourth-order valence-corrected chi connectivity index (χ4v) is 4.40. The minimum absolute atomic E-state index is 0.000833. The number of hydrogen-bond acceptors (Lipinski definition) is 3. The zero-order chi connectivity index (χ0) is 14.2. The van der Waals surface area contributed by atoms with Crippen molar-refractivity contribution in [2.45, 2.75) is 24.9 Å². The van der Waals surface area contributed by atoms with E-state index < -0.39 is 11.6 Å². The Morgan fingerprint density at radius 1 is 1.40 bits per heavy atom. The second kappa shape index (κ2) is 5.45. The number of carbonyl (C=O) groups excluding carboxylic acids is 1. The molecule has 2 atom stereocenters. The van der Waals surface area contributed by atoms with E-state index in [-0.39, 0.29) is 22.9 Å². The van der Waals surface area contributed by atoms with E-state index in [1.807, 2.05) is 11.8 Å². The molecule has 1 spiro atoms. The molecular formula is C15H16F2O2S. The highest BCUT2D eigenvalue weighted by atomic mass is 32.2. The van der Waals surface area contributed by atoms with Gasteiger partial charge >= 0.3 is 0 Å². The SMILES string of the molecule is O=C(c1ccc(F)cc1F)C1CCOC2(CCSC2)C1. The molecule has 20 heavy (non-hydrogen) atoms. The second-order valence-electron chi connectivity index (χ2n) is 5.51. The van der Waals surface area contributed by atoms with Gasteiger partial charge in [-0.05, 0) is 37.1 Å². The van der Waals surface area contributed by atoms with Gasteiger partial charge in [-0.15, -0.1) is 0 Å². The topological polar surface area (TPSA) is 26.3 Å². The zero-order valence-electron chi connectivity index (χ0n) is 11.0. The molecule has 2 aliphatic rings. The minimum atomic E-state index is -0.767. The van der Waals surface area contributed by atoms with E-state index in [9.17, 15) is 13.6 Å². The number of thioether (sulfide) groups is 1. The van der Waals surface area contributed by atoms with Gasteiger partial charge in [0.15, 0.2) is 5.78 Å². The first-order chi connectivity index (χ1) is 9.60. The molecule has 0 N–H and O–H groups in total. The number of rotatable bonds is 2. The van der Waals surface area contributed by atoms with Crippen molar-refractivity contribution in [1.82, 2.24) is 0 Å². The van der Waals surface area contributed by atoms with Crippen molar-refractivity contribution in [2.75, 3.05) is 18.1 Å². The molecule has 108 valence electrons. The summed E-state index contributed by atoms with van der Waals surface area (Å²) in [6.07, 6.45) is 2.21. The summed E-state index contributed by atoms with van der Waals surface area (Å²) in [7, 11) is 0. The number of Topliss-reactive ketones (excluding diaryl/α,β-unsaturated/α-hetero) is 1. The van der Waals surface area contributed by atoms with Crippen molar-refractivity contribution >= 4 is 17.5 Å². The first kappa shape index (κ1) is 14.0. The van der Waals surface area contributed by atoms with Crippen molar-refractivity contribution in [3.8, 4) is 0 Å². The van der Waals surface area contributed by atoms with Crippen molar-refractivity contribution in [2.24, 2.45) is 5.92 Å². The highest BCUT2D eigenvalue weighted by molar-refractivity contribution is 7.99. The van der Waals surface area contributed by atoms with Gasteiger partial charge in [0.05, 0.1) is 11.2 Å². The van der Waals surface area contributed by atoms with Gasteiger partial charge < -0.3 is 4.74 Å². The summed E-state index contributed by atoms with van der Waals surface area (Å²) in [6, 6.07) is 3.16. The van der Waals surface area contributed by atoms with E-state index in [1.54, 1.807) is 0 Å². The second-order valence-corrected chi connectivity index (χ2v) is 6.62. The quantitative estimate of drug-likeness (QED) is 0.782. The number of hydrogen-bond donors (Lipinski definition) is 0. The molecule has 5 heteroatoms. The molecule has 0 amide bonds. The van der Waals surface area contributed by atoms with E-state index in [4.69, 9.17) is 4.74 Å². The Hall–Kier alpha value is -0.940. The van der Waals surface area contributed by atoms with Gasteiger partial charge in [-0.25, -0.2) is 8.78 Å². The van der Waals surface area contributed by atoms with Gasteiger partial charge in [0.1, 0.15) is 11.6 Å². The van der Waals surface area contributed by atoms with Crippen molar-refractivity contribution in [1.29, 1.82) is 0 Å². The Labute approximate surface area is 120 Å². The lowest BCUT2D eigenvalue weighted by Gasteiger charge is -2.37. The maximum Gasteiger partial charge on any atom is 0.169 e. The van der Waals surface area contributed by atoms with Crippen molar-refractivity contribution in [3.05, 3.63) is 35.4 Å².